The molecule has 1 aromatic carbocycles. The monoisotopic (exact) mass is 389 g/mol. The van der Waals surface area contributed by atoms with Crippen LogP contribution in [0.3, 0.4) is 0 Å². The van der Waals surface area contributed by atoms with Gasteiger partial charge in [0.1, 0.15) is 11.7 Å². The van der Waals surface area contributed by atoms with Gasteiger partial charge in [0.15, 0.2) is 0 Å². The van der Waals surface area contributed by atoms with E-state index >= 15 is 0 Å². The molecule has 7 heteroatoms. The zero-order chi connectivity index (χ0) is 20.2. The van der Waals surface area contributed by atoms with Crippen molar-refractivity contribution in [2.45, 2.75) is 25.4 Å². The molecule has 4 rings (SSSR count). The van der Waals surface area contributed by atoms with Gasteiger partial charge in [-0.3, -0.25) is 14.6 Å². The molecule has 1 aliphatic heterocycles. The molecule has 1 atom stereocenters. The van der Waals surface area contributed by atoms with Crippen molar-refractivity contribution in [2.75, 3.05) is 13.6 Å². The van der Waals surface area contributed by atoms with E-state index in [1.807, 2.05) is 36.5 Å². The Kier molecular flexibility index (Phi) is 5.37. The first kappa shape index (κ1) is 18.9. The number of likely N-dealkylation sites (N-methyl/N-ethyl adjacent to an activating group) is 1. The predicted octanol–water partition coefficient (Wildman–Crippen LogP) is 2.53. The second kappa shape index (κ2) is 8.26. The Bertz CT molecular complexity index is 987. The average molecular weight is 389 g/mol. The van der Waals surface area contributed by atoms with Crippen molar-refractivity contribution >= 4 is 11.8 Å². The molecule has 3 heterocycles. The molecule has 29 heavy (non-hydrogen) atoms. The molecule has 0 N–H and O–H groups in total. The summed E-state index contributed by atoms with van der Waals surface area (Å²) in [7, 11) is 1.77. The smallest absolute Gasteiger partial charge is 0.273 e. The Labute approximate surface area is 169 Å². The minimum atomic E-state index is -0.446. The molecule has 148 valence electrons. The van der Waals surface area contributed by atoms with Crippen LogP contribution in [-0.4, -0.2) is 56.0 Å². The number of carbonyl (C=O) groups is 2. The largest absolute Gasteiger partial charge is 0.340 e. The van der Waals surface area contributed by atoms with Crippen LogP contribution in [0, 0.1) is 0 Å². The van der Waals surface area contributed by atoms with E-state index in [0.717, 1.165) is 17.7 Å². The van der Waals surface area contributed by atoms with Crippen molar-refractivity contribution in [2.24, 2.45) is 0 Å². The number of pyridine rings is 1. The van der Waals surface area contributed by atoms with Crippen LogP contribution in [0.15, 0.2) is 67.1 Å². The van der Waals surface area contributed by atoms with E-state index in [1.54, 1.807) is 52.1 Å². The first-order valence-corrected chi connectivity index (χ1v) is 9.69. The number of rotatable bonds is 5. The van der Waals surface area contributed by atoms with Crippen LogP contribution in [0.5, 0.6) is 0 Å². The standard InChI is InChI=1S/C22H23N5O2/c1-25(15-17-14-24-27(16-17)18-8-3-2-4-9-18)22(29)20-11-7-13-26(20)21(28)19-10-5-6-12-23-19/h2-6,8-10,12,14,16,20H,7,11,13,15H2,1H3/t20-/m0/s1. The number of hydrogen-bond acceptors (Lipinski definition) is 4. The number of para-hydroxylation sites is 1. The van der Waals surface area contributed by atoms with Crippen LogP contribution in [0.4, 0.5) is 0 Å². The third-order valence-corrected chi connectivity index (χ3v) is 5.14. The van der Waals surface area contributed by atoms with Gasteiger partial charge in [0.25, 0.3) is 5.91 Å². The van der Waals surface area contributed by atoms with Crippen molar-refractivity contribution in [1.29, 1.82) is 0 Å². The maximum absolute atomic E-state index is 13.1. The molecule has 2 aromatic heterocycles. The van der Waals surface area contributed by atoms with Crippen molar-refractivity contribution in [3.63, 3.8) is 0 Å². The number of benzene rings is 1. The van der Waals surface area contributed by atoms with Crippen molar-refractivity contribution in [1.82, 2.24) is 24.6 Å². The first-order valence-electron chi connectivity index (χ1n) is 9.69. The van der Waals surface area contributed by atoms with Gasteiger partial charge < -0.3 is 9.80 Å². The third-order valence-electron chi connectivity index (χ3n) is 5.14. The Morgan fingerprint density at radius 1 is 1.14 bits per heavy atom. The minimum absolute atomic E-state index is 0.0563. The van der Waals surface area contributed by atoms with Gasteiger partial charge in [-0.25, -0.2) is 4.68 Å². The number of likely N-dealkylation sites (tertiary alicyclic amines) is 1. The highest BCUT2D eigenvalue weighted by atomic mass is 16.2. The highest BCUT2D eigenvalue weighted by Crippen LogP contribution is 2.22. The summed E-state index contributed by atoms with van der Waals surface area (Å²) in [6, 6.07) is 14.6. The van der Waals surface area contributed by atoms with E-state index in [9.17, 15) is 9.59 Å². The lowest BCUT2D eigenvalue weighted by molar-refractivity contribution is -0.134. The molecule has 0 unspecified atom stereocenters. The summed E-state index contributed by atoms with van der Waals surface area (Å²) >= 11 is 0. The number of hydrogen-bond donors (Lipinski definition) is 0. The molecule has 1 saturated heterocycles. The molecule has 1 aliphatic rings. The summed E-state index contributed by atoms with van der Waals surface area (Å²) < 4.78 is 1.79. The summed E-state index contributed by atoms with van der Waals surface area (Å²) in [5.41, 5.74) is 2.28. The molecule has 3 aromatic rings. The van der Waals surface area contributed by atoms with Gasteiger partial charge in [0.2, 0.25) is 5.91 Å². The molecule has 0 spiro atoms. The zero-order valence-electron chi connectivity index (χ0n) is 16.3. The molecule has 0 aliphatic carbocycles. The SMILES string of the molecule is CN(Cc1cnn(-c2ccccc2)c1)C(=O)[C@@H]1CCCN1C(=O)c1ccccn1. The highest BCUT2D eigenvalue weighted by Gasteiger charge is 2.36. The van der Waals surface area contributed by atoms with Gasteiger partial charge in [-0.15, -0.1) is 0 Å². The zero-order valence-corrected chi connectivity index (χ0v) is 16.3. The predicted molar refractivity (Wildman–Crippen MR) is 108 cm³/mol. The Morgan fingerprint density at radius 3 is 2.69 bits per heavy atom. The highest BCUT2D eigenvalue weighted by molar-refractivity contribution is 5.96. The van der Waals surface area contributed by atoms with E-state index in [2.05, 4.69) is 10.1 Å². The van der Waals surface area contributed by atoms with E-state index < -0.39 is 6.04 Å². The van der Waals surface area contributed by atoms with Gasteiger partial charge in [-0.05, 0) is 37.1 Å². The molecular weight excluding hydrogens is 366 g/mol. The van der Waals surface area contributed by atoms with E-state index in [0.29, 0.717) is 25.2 Å². The Hall–Kier alpha value is -3.48. The maximum Gasteiger partial charge on any atom is 0.273 e. The van der Waals surface area contributed by atoms with Crippen molar-refractivity contribution in [3.05, 3.63) is 78.4 Å². The fourth-order valence-electron chi connectivity index (χ4n) is 3.67. The number of carbonyl (C=O) groups excluding carboxylic acids is 2. The summed E-state index contributed by atoms with van der Waals surface area (Å²) in [5.74, 6) is -0.244. The van der Waals surface area contributed by atoms with Crippen LogP contribution < -0.4 is 0 Å². The molecule has 2 amide bonds. The lowest BCUT2D eigenvalue weighted by Gasteiger charge is -2.27. The van der Waals surface area contributed by atoms with Crippen LogP contribution in [-0.2, 0) is 11.3 Å². The van der Waals surface area contributed by atoms with Gasteiger partial charge in [-0.1, -0.05) is 24.3 Å². The quantitative estimate of drug-likeness (QED) is 0.672. The number of amides is 2. The van der Waals surface area contributed by atoms with Crippen molar-refractivity contribution in [3.8, 4) is 5.69 Å². The van der Waals surface area contributed by atoms with Crippen LogP contribution >= 0.6 is 0 Å². The third kappa shape index (κ3) is 4.03. The molecule has 1 fully saturated rings. The van der Waals surface area contributed by atoms with Crippen LogP contribution in [0.2, 0.25) is 0 Å². The fraction of sp³-hybridized carbons (Fsp3) is 0.273. The summed E-state index contributed by atoms with van der Waals surface area (Å²) in [6.45, 7) is 1.01. The molecule has 0 saturated carbocycles. The van der Waals surface area contributed by atoms with Gasteiger partial charge >= 0.3 is 0 Å². The average Bonchev–Trinajstić information content (AvgIpc) is 3.44. The molecular formula is C22H23N5O2. The second-order valence-electron chi connectivity index (χ2n) is 7.19. The topological polar surface area (TPSA) is 71.3 Å². The number of nitrogens with zero attached hydrogens (tertiary/aromatic N) is 5. The summed E-state index contributed by atoms with van der Waals surface area (Å²) in [4.78, 5) is 33.3. The summed E-state index contributed by atoms with van der Waals surface area (Å²) in [6.07, 6.45) is 6.77. The van der Waals surface area contributed by atoms with E-state index in [-0.39, 0.29) is 11.8 Å². The lowest BCUT2D eigenvalue weighted by Crippen LogP contribution is -2.46. The lowest BCUT2D eigenvalue weighted by atomic mass is 10.1. The van der Waals surface area contributed by atoms with Crippen LogP contribution in [0.1, 0.15) is 28.9 Å². The molecule has 0 bridgehead atoms. The second-order valence-corrected chi connectivity index (χ2v) is 7.19. The number of aromatic nitrogens is 3. The molecule has 0 radical (unpaired) electrons. The van der Waals surface area contributed by atoms with Crippen molar-refractivity contribution < 1.29 is 9.59 Å². The fourth-order valence-corrected chi connectivity index (χ4v) is 3.67. The Morgan fingerprint density at radius 2 is 1.93 bits per heavy atom. The van der Waals surface area contributed by atoms with Crippen LogP contribution in [0.25, 0.3) is 5.69 Å². The molecule has 7 nitrogen and oxygen atoms in total. The normalized spacial score (nSPS) is 16.0. The van der Waals surface area contributed by atoms with Gasteiger partial charge in [0.05, 0.1) is 11.9 Å². The Balaban J connectivity index is 1.43. The van der Waals surface area contributed by atoms with E-state index in [1.165, 1.54) is 0 Å². The van der Waals surface area contributed by atoms with E-state index in [4.69, 9.17) is 0 Å². The minimum Gasteiger partial charge on any atom is -0.340 e. The van der Waals surface area contributed by atoms with Gasteiger partial charge in [-0.2, -0.15) is 5.10 Å². The van der Waals surface area contributed by atoms with Gasteiger partial charge in [0, 0.05) is 38.1 Å². The maximum atomic E-state index is 13.1. The summed E-state index contributed by atoms with van der Waals surface area (Å²) in [5, 5.41) is 4.39. The first-order chi connectivity index (χ1) is 14.1.